The first kappa shape index (κ1) is 20.9. The standard InChI is InChI=1S/C17H15BrF3N7O/c1-27(10-16(29)23-14-7-4-12(18)8-22-14)9-15-24-25-26-28(15)13-5-2-11(3-6-13)17(19,20)21/h2-8H,9-10H2,1H3,(H,22,23,29). The minimum absolute atomic E-state index is 0.0393. The van der Waals surface area contributed by atoms with Gasteiger partial charge < -0.3 is 5.32 Å². The molecule has 0 bridgehead atoms. The van der Waals surface area contributed by atoms with Crippen LogP contribution in [0.3, 0.4) is 0 Å². The molecule has 0 atom stereocenters. The Labute approximate surface area is 171 Å². The Kier molecular flexibility index (Phi) is 6.23. The topological polar surface area (TPSA) is 88.8 Å². The van der Waals surface area contributed by atoms with Crippen LogP contribution < -0.4 is 5.32 Å². The third-order valence-electron chi connectivity index (χ3n) is 3.79. The van der Waals surface area contributed by atoms with Gasteiger partial charge in [0.05, 0.1) is 24.3 Å². The Morgan fingerprint density at radius 1 is 1.21 bits per heavy atom. The van der Waals surface area contributed by atoms with Crippen LogP contribution in [-0.2, 0) is 17.5 Å². The average Bonchev–Trinajstić information content (AvgIpc) is 3.11. The summed E-state index contributed by atoms with van der Waals surface area (Å²) in [5, 5.41) is 14.0. The predicted octanol–water partition coefficient (Wildman–Crippen LogP) is 2.91. The van der Waals surface area contributed by atoms with Crippen molar-refractivity contribution < 1.29 is 18.0 Å². The number of tetrazole rings is 1. The molecule has 0 saturated heterocycles. The first-order valence-corrected chi connectivity index (χ1v) is 9.06. The van der Waals surface area contributed by atoms with E-state index in [1.165, 1.54) is 16.8 Å². The molecule has 0 unspecified atom stereocenters. The van der Waals surface area contributed by atoms with Crippen LogP contribution in [0.1, 0.15) is 11.4 Å². The number of aromatic nitrogens is 5. The quantitative estimate of drug-likeness (QED) is 0.596. The summed E-state index contributed by atoms with van der Waals surface area (Å²) in [6.07, 6.45) is -2.85. The number of anilines is 1. The van der Waals surface area contributed by atoms with E-state index in [-0.39, 0.29) is 19.0 Å². The number of halogens is 4. The lowest BCUT2D eigenvalue weighted by atomic mass is 10.2. The predicted molar refractivity (Wildman–Crippen MR) is 101 cm³/mol. The highest BCUT2D eigenvalue weighted by atomic mass is 79.9. The molecule has 0 spiro atoms. The molecule has 0 aliphatic carbocycles. The molecule has 2 aromatic heterocycles. The van der Waals surface area contributed by atoms with Gasteiger partial charge in [-0.15, -0.1) is 5.10 Å². The van der Waals surface area contributed by atoms with E-state index < -0.39 is 11.7 Å². The highest BCUT2D eigenvalue weighted by Gasteiger charge is 2.30. The van der Waals surface area contributed by atoms with Crippen LogP contribution in [0.2, 0.25) is 0 Å². The Bertz CT molecular complexity index is 974. The molecular formula is C17H15BrF3N7O. The molecule has 2 heterocycles. The van der Waals surface area contributed by atoms with Gasteiger partial charge in [-0.05, 0) is 69.8 Å². The molecule has 3 aromatic rings. The van der Waals surface area contributed by atoms with Crippen molar-refractivity contribution in [3.05, 3.63) is 58.5 Å². The summed E-state index contributed by atoms with van der Waals surface area (Å²) < 4.78 is 40.3. The zero-order valence-corrected chi connectivity index (χ0v) is 16.6. The second-order valence-corrected chi connectivity index (χ2v) is 7.05. The largest absolute Gasteiger partial charge is 0.416 e. The van der Waals surface area contributed by atoms with Crippen molar-refractivity contribution in [3.8, 4) is 5.69 Å². The van der Waals surface area contributed by atoms with E-state index in [1.54, 1.807) is 30.3 Å². The number of nitrogens with one attached hydrogen (secondary N) is 1. The van der Waals surface area contributed by atoms with E-state index >= 15 is 0 Å². The number of hydrogen-bond donors (Lipinski definition) is 1. The van der Waals surface area contributed by atoms with Gasteiger partial charge in [0.15, 0.2) is 5.82 Å². The summed E-state index contributed by atoms with van der Waals surface area (Å²) in [5.41, 5.74) is -0.374. The monoisotopic (exact) mass is 469 g/mol. The normalized spacial score (nSPS) is 11.7. The van der Waals surface area contributed by atoms with Gasteiger partial charge in [-0.3, -0.25) is 9.69 Å². The zero-order chi connectivity index (χ0) is 21.0. The second-order valence-electron chi connectivity index (χ2n) is 6.13. The van der Waals surface area contributed by atoms with Crippen molar-refractivity contribution in [1.82, 2.24) is 30.1 Å². The fourth-order valence-corrected chi connectivity index (χ4v) is 2.71. The molecule has 152 valence electrons. The molecule has 0 fully saturated rings. The van der Waals surface area contributed by atoms with Crippen LogP contribution >= 0.6 is 15.9 Å². The Morgan fingerprint density at radius 2 is 1.93 bits per heavy atom. The van der Waals surface area contributed by atoms with Crippen LogP contribution in [0.4, 0.5) is 19.0 Å². The fourth-order valence-electron chi connectivity index (χ4n) is 2.47. The maximum atomic E-state index is 12.7. The number of nitrogens with zero attached hydrogens (tertiary/aromatic N) is 6. The van der Waals surface area contributed by atoms with E-state index in [0.717, 1.165) is 16.6 Å². The molecule has 0 aliphatic heterocycles. The Morgan fingerprint density at radius 3 is 2.55 bits per heavy atom. The number of rotatable bonds is 6. The Hall–Kier alpha value is -2.86. The molecule has 0 aliphatic rings. The van der Waals surface area contributed by atoms with E-state index in [4.69, 9.17) is 0 Å². The molecule has 8 nitrogen and oxygen atoms in total. The summed E-state index contributed by atoms with van der Waals surface area (Å²) in [4.78, 5) is 17.9. The molecular weight excluding hydrogens is 455 g/mol. The maximum absolute atomic E-state index is 12.7. The third-order valence-corrected chi connectivity index (χ3v) is 4.26. The molecule has 29 heavy (non-hydrogen) atoms. The summed E-state index contributed by atoms with van der Waals surface area (Å²) in [7, 11) is 1.69. The minimum atomic E-state index is -4.42. The summed E-state index contributed by atoms with van der Waals surface area (Å²) in [6, 6.07) is 7.91. The number of alkyl halides is 3. The number of hydrogen-bond acceptors (Lipinski definition) is 6. The highest BCUT2D eigenvalue weighted by molar-refractivity contribution is 9.10. The van der Waals surface area contributed by atoms with E-state index in [2.05, 4.69) is 41.8 Å². The number of carbonyl (C=O) groups excluding carboxylic acids is 1. The van der Waals surface area contributed by atoms with E-state index in [9.17, 15) is 18.0 Å². The van der Waals surface area contributed by atoms with Crippen molar-refractivity contribution in [2.45, 2.75) is 12.7 Å². The lowest BCUT2D eigenvalue weighted by Crippen LogP contribution is -2.31. The van der Waals surface area contributed by atoms with Gasteiger partial charge >= 0.3 is 6.18 Å². The molecule has 1 aromatic carbocycles. The van der Waals surface area contributed by atoms with E-state index in [1.807, 2.05) is 0 Å². The number of amides is 1. The molecule has 12 heteroatoms. The average molecular weight is 470 g/mol. The van der Waals surface area contributed by atoms with Crippen LogP contribution in [-0.4, -0.2) is 49.6 Å². The van der Waals surface area contributed by atoms with Crippen LogP contribution in [0.25, 0.3) is 5.69 Å². The molecule has 0 radical (unpaired) electrons. The van der Waals surface area contributed by atoms with Crippen molar-refractivity contribution in [3.63, 3.8) is 0 Å². The molecule has 1 N–H and O–H groups in total. The van der Waals surface area contributed by atoms with Gasteiger partial charge in [0.25, 0.3) is 0 Å². The number of likely N-dealkylation sites (N-methyl/N-ethyl adjacent to an activating group) is 1. The van der Waals surface area contributed by atoms with Gasteiger partial charge in [-0.1, -0.05) is 0 Å². The van der Waals surface area contributed by atoms with Crippen molar-refractivity contribution in [2.24, 2.45) is 0 Å². The Balaban J connectivity index is 1.63. The number of carbonyl (C=O) groups is 1. The summed E-state index contributed by atoms with van der Waals surface area (Å²) in [5.74, 6) is 0.513. The van der Waals surface area contributed by atoms with Crippen LogP contribution in [0, 0.1) is 0 Å². The number of benzene rings is 1. The van der Waals surface area contributed by atoms with Crippen molar-refractivity contribution >= 4 is 27.7 Å². The van der Waals surface area contributed by atoms with Gasteiger partial charge in [-0.25, -0.2) is 4.98 Å². The highest BCUT2D eigenvalue weighted by Crippen LogP contribution is 2.29. The SMILES string of the molecule is CN(CC(=O)Nc1ccc(Br)cn1)Cc1nnnn1-c1ccc(C(F)(F)F)cc1. The van der Waals surface area contributed by atoms with Crippen LogP contribution in [0.5, 0.6) is 0 Å². The van der Waals surface area contributed by atoms with Crippen molar-refractivity contribution in [1.29, 1.82) is 0 Å². The van der Waals surface area contributed by atoms with Gasteiger partial charge in [0.2, 0.25) is 5.91 Å². The smallest absolute Gasteiger partial charge is 0.310 e. The van der Waals surface area contributed by atoms with Gasteiger partial charge in [0, 0.05) is 10.7 Å². The first-order chi connectivity index (χ1) is 13.7. The third kappa shape index (κ3) is 5.57. The number of pyridine rings is 1. The second kappa shape index (κ2) is 8.66. The van der Waals surface area contributed by atoms with Gasteiger partial charge in [-0.2, -0.15) is 17.9 Å². The maximum Gasteiger partial charge on any atom is 0.416 e. The first-order valence-electron chi connectivity index (χ1n) is 8.27. The fraction of sp³-hybridized carbons (Fsp3) is 0.235. The zero-order valence-electron chi connectivity index (χ0n) is 15.1. The van der Waals surface area contributed by atoms with E-state index in [0.29, 0.717) is 17.3 Å². The molecule has 0 saturated carbocycles. The lowest BCUT2D eigenvalue weighted by Gasteiger charge is -2.15. The van der Waals surface area contributed by atoms with Crippen LogP contribution in [0.15, 0.2) is 47.1 Å². The van der Waals surface area contributed by atoms with Crippen molar-refractivity contribution in [2.75, 3.05) is 18.9 Å². The summed E-state index contributed by atoms with van der Waals surface area (Å²) in [6.45, 7) is 0.243. The summed E-state index contributed by atoms with van der Waals surface area (Å²) >= 11 is 3.26. The van der Waals surface area contributed by atoms with Gasteiger partial charge in [0.1, 0.15) is 5.82 Å². The lowest BCUT2D eigenvalue weighted by molar-refractivity contribution is -0.137. The minimum Gasteiger partial charge on any atom is -0.310 e. The molecule has 3 rings (SSSR count). The molecule has 1 amide bonds.